The number of benzene rings is 1. The van der Waals surface area contributed by atoms with E-state index in [1.165, 1.54) is 12.1 Å². The minimum Gasteiger partial charge on any atom is -0.491 e. The lowest BCUT2D eigenvalue weighted by Gasteiger charge is -2.10. The van der Waals surface area contributed by atoms with Crippen molar-refractivity contribution >= 4 is 27.5 Å². The maximum atomic E-state index is 11.2. The third kappa shape index (κ3) is 6.62. The summed E-state index contributed by atoms with van der Waals surface area (Å²) in [5.41, 5.74) is -0.617. The van der Waals surface area contributed by atoms with Gasteiger partial charge in [0.15, 0.2) is 5.75 Å². The molecule has 1 aromatic carbocycles. The number of rotatable bonds is 7. The molecule has 1 aromatic rings. The highest BCUT2D eigenvalue weighted by molar-refractivity contribution is 7.86. The van der Waals surface area contributed by atoms with Gasteiger partial charge in [-0.3, -0.25) is 9.35 Å². The molecule has 0 aromatic heterocycles. The molecule has 0 aliphatic heterocycles. The van der Waals surface area contributed by atoms with E-state index in [1.54, 1.807) is 12.1 Å². The summed E-state index contributed by atoms with van der Waals surface area (Å²) in [5.74, 6) is -2.54. The molecule has 0 heterocycles. The van der Waals surface area contributed by atoms with Crippen molar-refractivity contribution in [1.29, 1.82) is 10.5 Å². The molecule has 0 saturated heterocycles. The second kappa shape index (κ2) is 10.4. The summed E-state index contributed by atoms with van der Waals surface area (Å²) >= 11 is 0. The molecule has 0 aliphatic rings. The molecule has 0 bridgehead atoms. The number of carbonyl (C=O) groups excluding carboxylic acids is 1. The Kier molecular flexibility index (Phi) is 8.29. The van der Waals surface area contributed by atoms with Crippen LogP contribution in [0.25, 0.3) is 21.1 Å². The normalized spacial score (nSPS) is 12.3. The van der Waals surface area contributed by atoms with E-state index in [0.717, 1.165) is 0 Å². The van der Waals surface area contributed by atoms with Crippen LogP contribution >= 0.6 is 0 Å². The van der Waals surface area contributed by atoms with Crippen molar-refractivity contribution in [2.75, 3.05) is 19.0 Å². The molecular formula is C17H12N4O7S. The summed E-state index contributed by atoms with van der Waals surface area (Å²) in [6, 6.07) is 5.75. The van der Waals surface area contributed by atoms with Crippen LogP contribution in [0.15, 0.2) is 12.1 Å². The van der Waals surface area contributed by atoms with Crippen molar-refractivity contribution in [3.8, 4) is 17.9 Å². The van der Waals surface area contributed by atoms with Gasteiger partial charge < -0.3 is 14.6 Å². The third-order valence-corrected chi connectivity index (χ3v) is 3.83. The first kappa shape index (κ1) is 23.1. The van der Waals surface area contributed by atoms with Crippen molar-refractivity contribution in [3.05, 3.63) is 51.0 Å². The van der Waals surface area contributed by atoms with Gasteiger partial charge >= 0.3 is 5.97 Å². The lowest BCUT2D eigenvalue weighted by atomic mass is 10.1. The minimum absolute atomic E-state index is 0.0122. The molecule has 0 saturated carbocycles. The third-order valence-electron chi connectivity index (χ3n) is 3.23. The topological polar surface area (TPSA) is 166 Å². The fourth-order valence-corrected chi connectivity index (χ4v) is 2.45. The Morgan fingerprint density at radius 3 is 2.17 bits per heavy atom. The first-order chi connectivity index (χ1) is 13.7. The van der Waals surface area contributed by atoms with Crippen molar-refractivity contribution in [3.63, 3.8) is 0 Å². The maximum Gasteiger partial charge on any atom is 0.323 e. The van der Waals surface area contributed by atoms with Crippen LogP contribution in [-0.4, -0.2) is 43.0 Å². The lowest BCUT2D eigenvalue weighted by molar-refractivity contribution is -0.141. The average molecular weight is 416 g/mol. The van der Waals surface area contributed by atoms with Gasteiger partial charge in [-0.2, -0.15) is 8.42 Å². The molecule has 148 valence electrons. The lowest BCUT2D eigenvalue weighted by Crippen LogP contribution is -2.24. The Labute approximate surface area is 165 Å². The summed E-state index contributed by atoms with van der Waals surface area (Å²) in [6.45, 7) is 12.8. The van der Waals surface area contributed by atoms with Crippen molar-refractivity contribution in [2.24, 2.45) is 0 Å². The van der Waals surface area contributed by atoms with E-state index in [4.69, 9.17) is 33.0 Å². The van der Waals surface area contributed by atoms with Crippen LogP contribution in [0.4, 0.5) is 0 Å². The van der Waals surface area contributed by atoms with Crippen LogP contribution in [0.1, 0.15) is 5.56 Å². The highest BCUT2D eigenvalue weighted by Gasteiger charge is 2.14. The first-order valence-electron chi connectivity index (χ1n) is 7.51. The van der Waals surface area contributed by atoms with Gasteiger partial charge in [-0.15, -0.1) is 0 Å². The Morgan fingerprint density at radius 2 is 1.69 bits per heavy atom. The van der Waals surface area contributed by atoms with Crippen LogP contribution in [0.5, 0.6) is 5.75 Å². The van der Waals surface area contributed by atoms with E-state index < -0.39 is 35.1 Å². The van der Waals surface area contributed by atoms with Crippen LogP contribution in [0.3, 0.4) is 0 Å². The van der Waals surface area contributed by atoms with Crippen LogP contribution in [-0.2, 0) is 26.3 Å². The zero-order valence-corrected chi connectivity index (χ0v) is 15.4. The Morgan fingerprint density at radius 1 is 1.10 bits per heavy atom. The standard InChI is InChI=1S/C17H12N4O7S/c1-20-14(7-18)12-6-16(13(5-11(12)9-22)15(8-19)21-2)27-3-4-28-17(23)10-29(24,25)26/h5-6,22H,3-4,9-10H2,(H,24,25,26)/b14-12-,15-13+. The Hall–Kier alpha value is -3.94. The molecule has 29 heavy (non-hydrogen) atoms. The number of hydrogen-bond acceptors (Lipinski definition) is 8. The molecular weight excluding hydrogens is 404 g/mol. The van der Waals surface area contributed by atoms with E-state index in [1.807, 2.05) is 0 Å². The molecule has 0 spiro atoms. The number of aliphatic hydroxyl groups is 1. The molecule has 0 amide bonds. The van der Waals surface area contributed by atoms with Crippen LogP contribution in [0, 0.1) is 35.8 Å². The predicted octanol–water partition coefficient (Wildman–Crippen LogP) is -0.909. The zero-order valence-electron chi connectivity index (χ0n) is 14.6. The summed E-state index contributed by atoms with van der Waals surface area (Å²) in [6.07, 6.45) is 0. The monoisotopic (exact) mass is 416 g/mol. The molecule has 0 atom stereocenters. The average Bonchev–Trinajstić information content (AvgIpc) is 2.66. The Balaban J connectivity index is 3.33. The maximum absolute atomic E-state index is 11.2. The summed E-state index contributed by atoms with van der Waals surface area (Å²) in [7, 11) is -4.54. The van der Waals surface area contributed by atoms with Gasteiger partial charge in [-0.25, -0.2) is 20.2 Å². The zero-order chi connectivity index (χ0) is 22.0. The molecule has 0 unspecified atom stereocenters. The number of ether oxygens (including phenoxy) is 2. The molecule has 2 N–H and O–H groups in total. The van der Waals surface area contributed by atoms with Gasteiger partial charge in [0.2, 0.25) is 0 Å². The highest BCUT2D eigenvalue weighted by Crippen LogP contribution is 2.08. The Bertz CT molecular complexity index is 1180. The summed E-state index contributed by atoms with van der Waals surface area (Å²) in [5, 5.41) is 27.7. The molecule has 0 fully saturated rings. The van der Waals surface area contributed by atoms with E-state index in [-0.39, 0.29) is 39.8 Å². The number of carbonyl (C=O) groups is 1. The summed E-state index contributed by atoms with van der Waals surface area (Å²) < 4.78 is 39.7. The van der Waals surface area contributed by atoms with E-state index in [9.17, 15) is 18.3 Å². The molecule has 1 rings (SSSR count). The van der Waals surface area contributed by atoms with Crippen LogP contribution < -0.4 is 15.2 Å². The van der Waals surface area contributed by atoms with Gasteiger partial charge in [0.25, 0.3) is 21.5 Å². The highest BCUT2D eigenvalue weighted by atomic mass is 32.2. The van der Waals surface area contributed by atoms with Crippen molar-refractivity contribution < 1.29 is 32.3 Å². The number of nitriles is 2. The summed E-state index contributed by atoms with van der Waals surface area (Å²) in [4.78, 5) is 17.3. The number of nitrogens with zero attached hydrogens (tertiary/aromatic N) is 4. The fourth-order valence-electron chi connectivity index (χ4n) is 2.07. The minimum atomic E-state index is -4.54. The SMILES string of the molecule is [C-]#[N+]/C(C#N)=c1/cc(OCCOC(=O)CS(=O)(=O)O)/c(=C(\C#N)[N+]#[C-])cc1CO. The molecule has 0 aliphatic carbocycles. The molecule has 11 nitrogen and oxygen atoms in total. The van der Waals surface area contributed by atoms with Gasteiger partial charge in [0.05, 0.1) is 31.9 Å². The van der Waals surface area contributed by atoms with Gasteiger partial charge in [0, 0.05) is 10.4 Å². The van der Waals surface area contributed by atoms with Crippen molar-refractivity contribution in [2.45, 2.75) is 6.61 Å². The predicted molar refractivity (Wildman–Crippen MR) is 95.7 cm³/mol. The van der Waals surface area contributed by atoms with Crippen LogP contribution in [0.2, 0.25) is 0 Å². The first-order valence-corrected chi connectivity index (χ1v) is 9.12. The van der Waals surface area contributed by atoms with Crippen molar-refractivity contribution in [1.82, 2.24) is 0 Å². The largest absolute Gasteiger partial charge is 0.491 e. The molecule has 12 heteroatoms. The quantitative estimate of drug-likeness (QED) is 0.247. The van der Waals surface area contributed by atoms with E-state index in [0.29, 0.717) is 0 Å². The molecule has 0 radical (unpaired) electrons. The second-order valence-electron chi connectivity index (χ2n) is 5.10. The van der Waals surface area contributed by atoms with Gasteiger partial charge in [-0.05, 0) is 11.6 Å². The number of hydrogen-bond donors (Lipinski definition) is 2. The smallest absolute Gasteiger partial charge is 0.323 e. The number of aliphatic hydroxyl groups excluding tert-OH is 1. The van der Waals surface area contributed by atoms with E-state index in [2.05, 4.69) is 14.4 Å². The van der Waals surface area contributed by atoms with E-state index >= 15 is 0 Å². The van der Waals surface area contributed by atoms with Gasteiger partial charge in [0.1, 0.15) is 19.0 Å². The second-order valence-corrected chi connectivity index (χ2v) is 6.56. The number of esters is 1. The fraction of sp³-hybridized carbons (Fsp3) is 0.235. The van der Waals surface area contributed by atoms with Gasteiger partial charge in [-0.1, -0.05) is 6.07 Å².